The van der Waals surface area contributed by atoms with Crippen LogP contribution in [0.15, 0.2) is 41.9 Å². The van der Waals surface area contributed by atoms with Crippen LogP contribution in [0.3, 0.4) is 0 Å². The van der Waals surface area contributed by atoms with E-state index in [2.05, 4.69) is 71.8 Å². The van der Waals surface area contributed by atoms with E-state index in [4.69, 9.17) is 4.98 Å². The molecule has 6 heteroatoms. The van der Waals surface area contributed by atoms with E-state index in [1.165, 1.54) is 5.69 Å². The SMILES string of the molecule is Cc1csc2nc(-c3ccc(C#Cc4ccccn4)s3)c(NC(C)(C)C)n12. The molecule has 0 saturated heterocycles. The number of fused-ring (bicyclic) bond motifs is 1. The summed E-state index contributed by atoms with van der Waals surface area (Å²) in [6.07, 6.45) is 1.76. The van der Waals surface area contributed by atoms with E-state index >= 15 is 0 Å². The Bertz CT molecular complexity index is 1150. The fourth-order valence-corrected chi connectivity index (χ4v) is 4.45. The maximum Gasteiger partial charge on any atom is 0.196 e. The fraction of sp³-hybridized carbons (Fsp3) is 0.238. The number of nitrogens with one attached hydrogen (secondary N) is 1. The molecule has 4 rings (SSSR count). The van der Waals surface area contributed by atoms with Gasteiger partial charge in [0.1, 0.15) is 17.2 Å². The van der Waals surface area contributed by atoms with Crippen LogP contribution in [0.25, 0.3) is 15.5 Å². The van der Waals surface area contributed by atoms with Crippen LogP contribution in [-0.4, -0.2) is 19.9 Å². The summed E-state index contributed by atoms with van der Waals surface area (Å²) in [6, 6.07) is 9.91. The first-order valence-corrected chi connectivity index (χ1v) is 10.4. The Morgan fingerprint density at radius 2 is 1.96 bits per heavy atom. The van der Waals surface area contributed by atoms with E-state index in [1.54, 1.807) is 28.9 Å². The van der Waals surface area contributed by atoms with Crippen molar-refractivity contribution >= 4 is 33.5 Å². The third kappa shape index (κ3) is 3.75. The predicted octanol–water partition coefficient (Wildman–Crippen LogP) is 5.44. The first-order valence-electron chi connectivity index (χ1n) is 8.69. The second-order valence-electron chi connectivity index (χ2n) is 7.31. The van der Waals surface area contributed by atoms with Crippen molar-refractivity contribution in [3.05, 3.63) is 58.2 Å². The number of hydrogen-bond donors (Lipinski definition) is 1. The molecule has 0 aromatic carbocycles. The van der Waals surface area contributed by atoms with Gasteiger partial charge in [-0.2, -0.15) is 0 Å². The van der Waals surface area contributed by atoms with Crippen LogP contribution >= 0.6 is 22.7 Å². The minimum Gasteiger partial charge on any atom is -0.365 e. The van der Waals surface area contributed by atoms with Crippen molar-refractivity contribution in [2.24, 2.45) is 0 Å². The lowest BCUT2D eigenvalue weighted by Crippen LogP contribution is -2.27. The van der Waals surface area contributed by atoms with Gasteiger partial charge in [0.25, 0.3) is 0 Å². The molecule has 0 spiro atoms. The second kappa shape index (κ2) is 6.84. The topological polar surface area (TPSA) is 42.2 Å². The van der Waals surface area contributed by atoms with Crippen LogP contribution in [0.2, 0.25) is 0 Å². The summed E-state index contributed by atoms with van der Waals surface area (Å²) in [4.78, 5) is 12.3. The molecule has 0 unspecified atom stereocenters. The summed E-state index contributed by atoms with van der Waals surface area (Å²) in [7, 11) is 0. The Morgan fingerprint density at radius 3 is 2.70 bits per heavy atom. The number of pyridine rings is 1. The molecule has 0 fully saturated rings. The van der Waals surface area contributed by atoms with Gasteiger partial charge in [0.2, 0.25) is 0 Å². The quantitative estimate of drug-likeness (QED) is 0.462. The lowest BCUT2D eigenvalue weighted by atomic mass is 10.1. The van der Waals surface area contributed by atoms with Gasteiger partial charge in [-0.25, -0.2) is 9.97 Å². The number of nitrogens with zero attached hydrogens (tertiary/aromatic N) is 3. The number of imidazole rings is 1. The number of anilines is 1. The van der Waals surface area contributed by atoms with Gasteiger partial charge in [-0.15, -0.1) is 22.7 Å². The van der Waals surface area contributed by atoms with E-state index < -0.39 is 0 Å². The molecule has 0 saturated carbocycles. The van der Waals surface area contributed by atoms with Gasteiger partial charge in [0.15, 0.2) is 4.96 Å². The standard InChI is InChI=1S/C21H20N4S2/c1-14-13-26-20-23-18(19(25(14)20)24-21(2,3)4)17-11-10-16(27-17)9-8-15-7-5-6-12-22-15/h5-7,10-13,24H,1-4H3. The molecule has 0 bridgehead atoms. The monoisotopic (exact) mass is 392 g/mol. The highest BCUT2D eigenvalue weighted by Gasteiger charge is 2.22. The van der Waals surface area contributed by atoms with Crippen LogP contribution < -0.4 is 5.32 Å². The van der Waals surface area contributed by atoms with Gasteiger partial charge >= 0.3 is 0 Å². The van der Waals surface area contributed by atoms with E-state index in [1.807, 2.05) is 18.2 Å². The van der Waals surface area contributed by atoms with Gasteiger partial charge in [0, 0.05) is 22.8 Å². The van der Waals surface area contributed by atoms with Crippen molar-refractivity contribution in [1.82, 2.24) is 14.4 Å². The molecule has 0 amide bonds. The minimum absolute atomic E-state index is 0.0576. The maximum atomic E-state index is 4.89. The molecule has 136 valence electrons. The van der Waals surface area contributed by atoms with Crippen LogP contribution in [0.4, 0.5) is 5.82 Å². The van der Waals surface area contributed by atoms with Crippen LogP contribution in [0.5, 0.6) is 0 Å². The molecule has 4 heterocycles. The molecule has 1 N–H and O–H groups in total. The third-order valence-electron chi connectivity index (χ3n) is 3.85. The van der Waals surface area contributed by atoms with Crippen LogP contribution in [0, 0.1) is 18.8 Å². The Kier molecular flexibility index (Phi) is 4.50. The molecular weight excluding hydrogens is 372 g/mol. The van der Waals surface area contributed by atoms with Crippen molar-refractivity contribution in [3.8, 4) is 22.4 Å². The average molecular weight is 393 g/mol. The largest absolute Gasteiger partial charge is 0.365 e. The highest BCUT2D eigenvalue weighted by atomic mass is 32.1. The second-order valence-corrected chi connectivity index (χ2v) is 9.23. The number of hydrogen-bond acceptors (Lipinski definition) is 5. The molecule has 0 aliphatic heterocycles. The molecule has 0 aliphatic rings. The van der Waals surface area contributed by atoms with Gasteiger partial charge in [0.05, 0.1) is 9.75 Å². The van der Waals surface area contributed by atoms with Gasteiger partial charge in [-0.1, -0.05) is 6.07 Å². The number of aromatic nitrogens is 3. The number of thiophene rings is 1. The lowest BCUT2D eigenvalue weighted by Gasteiger charge is -2.22. The molecule has 4 aromatic rings. The summed E-state index contributed by atoms with van der Waals surface area (Å²) < 4.78 is 2.20. The Morgan fingerprint density at radius 1 is 1.11 bits per heavy atom. The van der Waals surface area contributed by atoms with E-state index in [0.717, 1.165) is 31.9 Å². The summed E-state index contributed by atoms with van der Waals surface area (Å²) in [5.41, 5.74) is 2.89. The van der Waals surface area contributed by atoms with Gasteiger partial charge in [-0.05, 0) is 63.8 Å². The minimum atomic E-state index is -0.0576. The van der Waals surface area contributed by atoms with Gasteiger partial charge in [-0.3, -0.25) is 4.40 Å². The number of aryl methyl sites for hydroxylation is 1. The Balaban J connectivity index is 1.74. The highest BCUT2D eigenvalue weighted by Crippen LogP contribution is 2.37. The Hall–Kier alpha value is -2.62. The average Bonchev–Trinajstić information content (AvgIpc) is 3.30. The first kappa shape index (κ1) is 17.8. The van der Waals surface area contributed by atoms with E-state index in [9.17, 15) is 0 Å². The van der Waals surface area contributed by atoms with Crippen LogP contribution in [-0.2, 0) is 0 Å². The normalized spacial score (nSPS) is 11.4. The molecule has 4 aromatic heterocycles. The zero-order valence-corrected chi connectivity index (χ0v) is 17.3. The number of thiazole rings is 1. The molecular formula is C21H20N4S2. The molecule has 27 heavy (non-hydrogen) atoms. The van der Waals surface area contributed by atoms with Crippen LogP contribution in [0.1, 0.15) is 37.0 Å². The van der Waals surface area contributed by atoms with E-state index in [-0.39, 0.29) is 5.54 Å². The highest BCUT2D eigenvalue weighted by molar-refractivity contribution is 7.16. The van der Waals surface area contributed by atoms with Crippen molar-refractivity contribution in [2.75, 3.05) is 5.32 Å². The molecule has 0 radical (unpaired) electrons. The van der Waals surface area contributed by atoms with Crippen molar-refractivity contribution in [2.45, 2.75) is 33.2 Å². The fourth-order valence-electron chi connectivity index (χ4n) is 2.73. The zero-order chi connectivity index (χ0) is 19.0. The lowest BCUT2D eigenvalue weighted by molar-refractivity contribution is 0.629. The molecule has 0 atom stereocenters. The first-order chi connectivity index (χ1) is 12.9. The summed E-state index contributed by atoms with van der Waals surface area (Å²) in [5, 5.41) is 5.77. The number of rotatable bonds is 2. The Labute approximate surface area is 166 Å². The predicted molar refractivity (Wildman–Crippen MR) is 115 cm³/mol. The maximum absolute atomic E-state index is 4.89. The molecule has 4 nitrogen and oxygen atoms in total. The summed E-state index contributed by atoms with van der Waals surface area (Å²) in [6.45, 7) is 8.60. The van der Waals surface area contributed by atoms with Gasteiger partial charge < -0.3 is 5.32 Å². The van der Waals surface area contributed by atoms with E-state index in [0.29, 0.717) is 0 Å². The third-order valence-corrected chi connectivity index (χ3v) is 5.80. The molecule has 0 aliphatic carbocycles. The smallest absolute Gasteiger partial charge is 0.196 e. The van der Waals surface area contributed by atoms with Crippen molar-refractivity contribution in [1.29, 1.82) is 0 Å². The van der Waals surface area contributed by atoms with Crippen molar-refractivity contribution in [3.63, 3.8) is 0 Å². The summed E-state index contributed by atoms with van der Waals surface area (Å²) >= 11 is 3.32. The van der Waals surface area contributed by atoms with Crippen molar-refractivity contribution < 1.29 is 0 Å². The summed E-state index contributed by atoms with van der Waals surface area (Å²) in [5.74, 6) is 7.37. The zero-order valence-electron chi connectivity index (χ0n) is 15.7.